The van der Waals surface area contributed by atoms with Crippen LogP contribution in [-0.2, 0) is 31.6 Å². The number of benzene rings is 4. The molecule has 0 aliphatic rings. The van der Waals surface area contributed by atoms with Crippen molar-refractivity contribution in [3.05, 3.63) is 179 Å². The van der Waals surface area contributed by atoms with Crippen LogP contribution in [0.2, 0.25) is 20.1 Å². The zero-order valence-electron chi connectivity index (χ0n) is 31.7. The van der Waals surface area contributed by atoms with Gasteiger partial charge < -0.3 is 14.9 Å². The molecule has 4 aromatic carbocycles. The average Bonchev–Trinajstić information content (AvgIpc) is 3.16. The molecule has 0 aliphatic heterocycles. The Bertz CT molecular complexity index is 2440. The first-order valence-corrected chi connectivity index (χ1v) is 20.3. The van der Waals surface area contributed by atoms with Crippen molar-refractivity contribution in [2.24, 2.45) is 0 Å². The summed E-state index contributed by atoms with van der Waals surface area (Å²) in [6.07, 6.45) is 5.11. The van der Waals surface area contributed by atoms with E-state index in [2.05, 4.69) is 20.9 Å². The van der Waals surface area contributed by atoms with Gasteiger partial charge in [0, 0.05) is 76.0 Å². The number of pyridine rings is 2. The molecule has 292 valence electrons. The Kier molecular flexibility index (Phi) is 13.3. The fourth-order valence-corrected chi connectivity index (χ4v) is 8.18. The lowest BCUT2D eigenvalue weighted by molar-refractivity contribution is 0.0722. The number of hydrogen-bond acceptors (Lipinski definition) is 5. The molecule has 2 amide bonds. The van der Waals surface area contributed by atoms with Crippen LogP contribution in [0.3, 0.4) is 0 Å². The van der Waals surface area contributed by atoms with E-state index < -0.39 is 5.41 Å². The Labute approximate surface area is 361 Å². The van der Waals surface area contributed by atoms with Crippen LogP contribution in [0.1, 0.15) is 74.9 Å². The summed E-state index contributed by atoms with van der Waals surface area (Å²) in [7, 11) is 0. The normalized spacial score (nSPS) is 11.4. The number of carbonyl (C=O) groups excluding carboxylic acids is 2. The monoisotopic (exact) mass is 902 g/mol. The number of rotatable bonds is 11. The van der Waals surface area contributed by atoms with Crippen molar-refractivity contribution in [3.8, 4) is 17.0 Å². The minimum absolute atomic E-state index is 0.125. The van der Waals surface area contributed by atoms with Crippen LogP contribution in [0.4, 0.5) is 0 Å². The molecular weight excluding hydrogens is 866 g/mol. The molecule has 2 aromatic heterocycles. The Morgan fingerprint density at radius 1 is 0.737 bits per heavy atom. The van der Waals surface area contributed by atoms with Crippen LogP contribution >= 0.6 is 62.3 Å². The molecular formula is C45H39BrCl4N4O3. The number of amides is 2. The summed E-state index contributed by atoms with van der Waals surface area (Å²) in [4.78, 5) is 40.6. The molecule has 0 radical (unpaired) electrons. The van der Waals surface area contributed by atoms with E-state index in [-0.39, 0.29) is 37.2 Å². The smallest absolute Gasteiger partial charge is 0.255 e. The predicted molar refractivity (Wildman–Crippen MR) is 233 cm³/mol. The number of carbonyl (C=O) groups is 2. The van der Waals surface area contributed by atoms with Gasteiger partial charge in [-0.25, -0.2) is 0 Å². The summed E-state index contributed by atoms with van der Waals surface area (Å²) < 4.78 is 0.699. The molecule has 0 aliphatic carbocycles. The quantitative estimate of drug-likeness (QED) is 0.140. The predicted octanol–water partition coefficient (Wildman–Crippen LogP) is 12.5. The first-order valence-electron chi connectivity index (χ1n) is 18.0. The first-order chi connectivity index (χ1) is 27.1. The molecule has 0 saturated carbocycles. The van der Waals surface area contributed by atoms with E-state index in [1.807, 2.05) is 76.2 Å². The second-order valence-electron chi connectivity index (χ2n) is 14.8. The molecule has 0 fully saturated rings. The Morgan fingerprint density at radius 2 is 1.44 bits per heavy atom. The first kappa shape index (κ1) is 42.2. The van der Waals surface area contributed by atoms with Crippen molar-refractivity contribution in [3.63, 3.8) is 0 Å². The second kappa shape index (κ2) is 18.0. The number of aromatic nitrogens is 2. The molecule has 7 nitrogen and oxygen atoms in total. The number of aryl methyl sites for hydroxylation is 1. The highest BCUT2D eigenvalue weighted by Gasteiger charge is 2.25. The van der Waals surface area contributed by atoms with Gasteiger partial charge in [-0.05, 0) is 117 Å². The Balaban J connectivity index is 1.30. The standard InChI is InChI=1S/C45H39BrCl4N4O3/c1-27-7-13-34(36(46)18-27)44(57)54(23-28-6-5-17-51-21-28)26-32-10-14-37(48)41(42(32)50)39-15-8-29(22-52-39)24-53(25-31-9-12-33(47)20-38(31)49)43(56)30-11-16-40(55)35(19-30)45(2,3)4/h5-22,55H,23-26H2,1-4H3. The molecule has 6 rings (SSSR count). The third kappa shape index (κ3) is 10.2. The lowest BCUT2D eigenvalue weighted by Crippen LogP contribution is -2.30. The van der Waals surface area contributed by atoms with Crippen molar-refractivity contribution >= 4 is 74.1 Å². The lowest BCUT2D eigenvalue weighted by Gasteiger charge is -2.26. The maximum atomic E-state index is 14.2. The topological polar surface area (TPSA) is 86.6 Å². The largest absolute Gasteiger partial charge is 0.508 e. The van der Waals surface area contributed by atoms with Gasteiger partial charge in [0.2, 0.25) is 0 Å². The molecule has 12 heteroatoms. The molecule has 0 bridgehead atoms. The summed E-state index contributed by atoms with van der Waals surface area (Å²) in [6.45, 7) is 8.77. The van der Waals surface area contributed by atoms with Gasteiger partial charge in [0.05, 0.1) is 21.3 Å². The highest BCUT2D eigenvalue weighted by atomic mass is 79.9. The zero-order chi connectivity index (χ0) is 41.0. The van der Waals surface area contributed by atoms with Crippen LogP contribution in [0.5, 0.6) is 5.75 Å². The Hall–Kier alpha value is -4.44. The van der Waals surface area contributed by atoms with Crippen LogP contribution in [0.25, 0.3) is 11.3 Å². The molecule has 0 saturated heterocycles. The average molecular weight is 906 g/mol. The van der Waals surface area contributed by atoms with Gasteiger partial charge in [-0.2, -0.15) is 0 Å². The molecule has 2 heterocycles. The number of phenolic OH excluding ortho intramolecular Hbond substituents is 1. The summed E-state index contributed by atoms with van der Waals surface area (Å²) in [6, 6.07) is 26.7. The Morgan fingerprint density at radius 3 is 2.09 bits per heavy atom. The SMILES string of the molecule is Cc1ccc(C(=O)N(Cc2cccnc2)Cc2ccc(Cl)c(-c3ccc(CN(Cc4ccc(Cl)cc4Cl)C(=O)c4ccc(O)c(C(C)(C)C)c4)cn3)c2Cl)c(Br)c1. The van der Waals surface area contributed by atoms with Crippen molar-refractivity contribution < 1.29 is 14.7 Å². The van der Waals surface area contributed by atoms with Gasteiger partial charge in [-0.1, -0.05) is 97.5 Å². The highest BCUT2D eigenvalue weighted by molar-refractivity contribution is 9.10. The van der Waals surface area contributed by atoms with Crippen molar-refractivity contribution in [1.82, 2.24) is 19.8 Å². The van der Waals surface area contributed by atoms with Gasteiger partial charge in [0.1, 0.15) is 5.75 Å². The fraction of sp³-hybridized carbons (Fsp3) is 0.200. The minimum Gasteiger partial charge on any atom is -0.508 e. The third-order valence-corrected chi connectivity index (χ3v) is 11.4. The molecule has 0 atom stereocenters. The maximum absolute atomic E-state index is 14.2. The van der Waals surface area contributed by atoms with E-state index in [0.717, 1.165) is 22.3 Å². The maximum Gasteiger partial charge on any atom is 0.255 e. The summed E-state index contributed by atoms with van der Waals surface area (Å²) >= 11 is 30.3. The van der Waals surface area contributed by atoms with Gasteiger partial charge in [0.15, 0.2) is 0 Å². The fourth-order valence-electron chi connectivity index (χ4n) is 6.43. The number of hydrogen-bond donors (Lipinski definition) is 1. The van der Waals surface area contributed by atoms with Crippen LogP contribution < -0.4 is 0 Å². The van der Waals surface area contributed by atoms with Gasteiger partial charge in [0.25, 0.3) is 11.8 Å². The van der Waals surface area contributed by atoms with E-state index in [4.69, 9.17) is 51.4 Å². The van der Waals surface area contributed by atoms with E-state index in [0.29, 0.717) is 64.6 Å². The van der Waals surface area contributed by atoms with E-state index in [1.165, 1.54) is 0 Å². The molecule has 6 aromatic rings. The van der Waals surface area contributed by atoms with Crippen LogP contribution in [0, 0.1) is 6.92 Å². The van der Waals surface area contributed by atoms with Gasteiger partial charge >= 0.3 is 0 Å². The lowest BCUT2D eigenvalue weighted by atomic mass is 9.85. The summed E-state index contributed by atoms with van der Waals surface area (Å²) in [5.41, 5.74) is 6.29. The molecule has 0 spiro atoms. The van der Waals surface area contributed by atoms with E-state index in [1.54, 1.807) is 70.9 Å². The van der Waals surface area contributed by atoms with Crippen LogP contribution in [-0.4, -0.2) is 36.7 Å². The summed E-state index contributed by atoms with van der Waals surface area (Å²) in [5.74, 6) is -0.307. The minimum atomic E-state index is -0.393. The van der Waals surface area contributed by atoms with E-state index in [9.17, 15) is 14.7 Å². The van der Waals surface area contributed by atoms with Crippen molar-refractivity contribution in [1.29, 1.82) is 0 Å². The number of halogens is 5. The van der Waals surface area contributed by atoms with Crippen molar-refractivity contribution in [2.45, 2.75) is 59.3 Å². The molecule has 0 unspecified atom stereocenters. The third-order valence-electron chi connectivity index (χ3n) is 9.44. The number of nitrogens with zero attached hydrogens (tertiary/aromatic N) is 4. The van der Waals surface area contributed by atoms with E-state index >= 15 is 0 Å². The summed E-state index contributed by atoms with van der Waals surface area (Å²) in [5, 5.41) is 12.3. The van der Waals surface area contributed by atoms with Crippen molar-refractivity contribution in [2.75, 3.05) is 0 Å². The van der Waals surface area contributed by atoms with Gasteiger partial charge in [-0.15, -0.1) is 0 Å². The molecule has 57 heavy (non-hydrogen) atoms. The number of phenols is 1. The zero-order valence-corrected chi connectivity index (χ0v) is 36.3. The molecule has 1 N–H and O–H groups in total. The van der Waals surface area contributed by atoms with Crippen LogP contribution in [0.15, 0.2) is 114 Å². The van der Waals surface area contributed by atoms with Gasteiger partial charge in [-0.3, -0.25) is 19.6 Å². The number of aromatic hydroxyl groups is 1. The highest BCUT2D eigenvalue weighted by Crippen LogP contribution is 2.38. The second-order valence-corrected chi connectivity index (χ2v) is 17.3.